The van der Waals surface area contributed by atoms with Crippen LogP contribution in [0.1, 0.15) is 48.6 Å². The average molecular weight is 287 g/mol. The molecule has 2 N–H and O–H groups in total. The fourth-order valence-electron chi connectivity index (χ4n) is 2.06. The molecule has 0 fully saturated rings. The van der Waals surface area contributed by atoms with E-state index in [2.05, 4.69) is 15.6 Å². The molecule has 0 aliphatic carbocycles. The Bertz CT molecular complexity index is 594. The molecule has 5 nitrogen and oxygen atoms in total. The first-order chi connectivity index (χ1) is 10.1. The van der Waals surface area contributed by atoms with Crippen molar-refractivity contribution in [3.05, 3.63) is 47.5 Å². The van der Waals surface area contributed by atoms with Crippen molar-refractivity contribution in [2.45, 2.75) is 33.2 Å². The maximum absolute atomic E-state index is 12.4. The molecule has 1 atom stereocenters. The van der Waals surface area contributed by atoms with Gasteiger partial charge in [0, 0.05) is 17.8 Å². The normalized spacial score (nSPS) is 12.0. The van der Waals surface area contributed by atoms with Crippen LogP contribution in [-0.2, 0) is 6.42 Å². The molecule has 0 spiro atoms. The summed E-state index contributed by atoms with van der Waals surface area (Å²) in [5, 5.41) is 6.08. The van der Waals surface area contributed by atoms with Crippen LogP contribution in [0.25, 0.3) is 0 Å². The molecule has 5 heteroatoms. The first-order valence-electron chi connectivity index (χ1n) is 7.23. The van der Waals surface area contributed by atoms with E-state index in [0.29, 0.717) is 5.56 Å². The highest BCUT2D eigenvalue weighted by atomic mass is 16.3. The zero-order chi connectivity index (χ0) is 15.2. The minimum atomic E-state index is -0.173. The third-order valence-corrected chi connectivity index (χ3v) is 3.18. The Hall–Kier alpha value is -2.30. The van der Waals surface area contributed by atoms with Gasteiger partial charge >= 0.3 is 0 Å². The highest BCUT2D eigenvalue weighted by Crippen LogP contribution is 2.15. The molecule has 2 heterocycles. The molecule has 1 unspecified atom stereocenters. The maximum atomic E-state index is 12.4. The van der Waals surface area contributed by atoms with Gasteiger partial charge in [-0.2, -0.15) is 0 Å². The van der Waals surface area contributed by atoms with Gasteiger partial charge in [0.1, 0.15) is 11.6 Å². The second kappa shape index (κ2) is 6.92. The van der Waals surface area contributed by atoms with Gasteiger partial charge in [-0.05, 0) is 44.5 Å². The average Bonchev–Trinajstić information content (AvgIpc) is 3.01. The molecule has 0 aromatic carbocycles. The van der Waals surface area contributed by atoms with Crippen molar-refractivity contribution in [3.8, 4) is 0 Å². The molecule has 0 saturated carbocycles. The number of nitrogens with zero attached hydrogens (tertiary/aromatic N) is 1. The monoisotopic (exact) mass is 287 g/mol. The van der Waals surface area contributed by atoms with Crippen LogP contribution in [0.2, 0.25) is 0 Å². The van der Waals surface area contributed by atoms with Crippen molar-refractivity contribution in [1.82, 2.24) is 10.3 Å². The van der Waals surface area contributed by atoms with Crippen molar-refractivity contribution >= 4 is 11.7 Å². The van der Waals surface area contributed by atoms with Gasteiger partial charge in [0.25, 0.3) is 5.91 Å². The summed E-state index contributed by atoms with van der Waals surface area (Å²) < 4.78 is 5.30. The highest BCUT2D eigenvalue weighted by molar-refractivity contribution is 5.95. The van der Waals surface area contributed by atoms with E-state index < -0.39 is 0 Å². The molecular formula is C16H21N3O2. The number of carbonyl (C=O) groups excluding carboxylic acids is 1. The van der Waals surface area contributed by atoms with Crippen molar-refractivity contribution < 1.29 is 9.21 Å². The van der Waals surface area contributed by atoms with E-state index in [4.69, 9.17) is 4.42 Å². The number of carbonyl (C=O) groups is 1. The van der Waals surface area contributed by atoms with Crippen LogP contribution < -0.4 is 10.6 Å². The van der Waals surface area contributed by atoms with Crippen LogP contribution in [0.4, 0.5) is 5.82 Å². The molecule has 21 heavy (non-hydrogen) atoms. The van der Waals surface area contributed by atoms with Gasteiger partial charge in [0.2, 0.25) is 0 Å². The van der Waals surface area contributed by atoms with E-state index in [1.807, 2.05) is 39.0 Å². The number of nitrogens with one attached hydrogen (secondary N) is 2. The smallest absolute Gasteiger partial charge is 0.252 e. The number of hydrogen-bond acceptors (Lipinski definition) is 4. The summed E-state index contributed by atoms with van der Waals surface area (Å²) in [5.41, 5.74) is 1.50. The number of furan rings is 1. The summed E-state index contributed by atoms with van der Waals surface area (Å²) in [5.74, 6) is 1.34. The van der Waals surface area contributed by atoms with E-state index in [1.165, 1.54) is 0 Å². The van der Waals surface area contributed by atoms with Gasteiger partial charge in [-0.15, -0.1) is 0 Å². The van der Waals surface area contributed by atoms with Crippen LogP contribution >= 0.6 is 0 Å². The Kier molecular flexibility index (Phi) is 4.98. The van der Waals surface area contributed by atoms with Gasteiger partial charge in [0.15, 0.2) is 0 Å². The molecule has 0 aliphatic heterocycles. The van der Waals surface area contributed by atoms with E-state index >= 15 is 0 Å². The second-order valence-corrected chi connectivity index (χ2v) is 4.83. The van der Waals surface area contributed by atoms with Crippen molar-refractivity contribution in [1.29, 1.82) is 0 Å². The number of aromatic nitrogens is 1. The highest BCUT2D eigenvalue weighted by Gasteiger charge is 2.14. The van der Waals surface area contributed by atoms with Gasteiger partial charge < -0.3 is 15.1 Å². The largest absolute Gasteiger partial charge is 0.467 e. The maximum Gasteiger partial charge on any atom is 0.252 e. The molecule has 1 amide bonds. The number of hydrogen-bond donors (Lipinski definition) is 2. The van der Waals surface area contributed by atoms with Crippen LogP contribution in [0, 0.1) is 0 Å². The molecule has 0 bridgehead atoms. The molecule has 112 valence electrons. The third kappa shape index (κ3) is 3.84. The molecule has 0 saturated heterocycles. The van der Waals surface area contributed by atoms with Crippen LogP contribution in [0.5, 0.6) is 0 Å². The van der Waals surface area contributed by atoms with Crippen LogP contribution in [-0.4, -0.2) is 17.4 Å². The topological polar surface area (TPSA) is 67.2 Å². The Morgan fingerprint density at radius 3 is 2.81 bits per heavy atom. The Morgan fingerprint density at radius 1 is 1.38 bits per heavy atom. The van der Waals surface area contributed by atoms with Crippen molar-refractivity contribution in [2.24, 2.45) is 0 Å². The second-order valence-electron chi connectivity index (χ2n) is 4.83. The fraction of sp³-hybridized carbons (Fsp3) is 0.375. The first kappa shape index (κ1) is 15.1. The van der Waals surface area contributed by atoms with Crippen molar-refractivity contribution in [3.63, 3.8) is 0 Å². The number of amides is 1. The van der Waals surface area contributed by atoms with E-state index in [0.717, 1.165) is 30.2 Å². The summed E-state index contributed by atoms with van der Waals surface area (Å²) in [7, 11) is 0. The summed E-state index contributed by atoms with van der Waals surface area (Å²) >= 11 is 0. The molecule has 2 rings (SSSR count). The number of rotatable bonds is 6. The molecular weight excluding hydrogens is 266 g/mol. The van der Waals surface area contributed by atoms with E-state index in [9.17, 15) is 4.79 Å². The van der Waals surface area contributed by atoms with Crippen LogP contribution in [0.15, 0.2) is 34.9 Å². The number of aryl methyl sites for hydroxylation is 1. The van der Waals surface area contributed by atoms with Crippen molar-refractivity contribution in [2.75, 3.05) is 11.9 Å². The van der Waals surface area contributed by atoms with Gasteiger partial charge in [-0.25, -0.2) is 4.98 Å². The number of pyridine rings is 1. The van der Waals surface area contributed by atoms with Gasteiger partial charge in [0.05, 0.1) is 12.3 Å². The van der Waals surface area contributed by atoms with E-state index in [-0.39, 0.29) is 11.9 Å². The van der Waals surface area contributed by atoms with Gasteiger partial charge in [-0.1, -0.05) is 6.92 Å². The summed E-state index contributed by atoms with van der Waals surface area (Å²) in [6.45, 7) is 6.68. The minimum Gasteiger partial charge on any atom is -0.467 e. The number of anilines is 1. The van der Waals surface area contributed by atoms with Crippen LogP contribution in [0.3, 0.4) is 0 Å². The lowest BCUT2D eigenvalue weighted by Crippen LogP contribution is -2.26. The van der Waals surface area contributed by atoms with Gasteiger partial charge in [-0.3, -0.25) is 4.79 Å². The fourth-order valence-corrected chi connectivity index (χ4v) is 2.06. The molecule has 0 radical (unpaired) electrons. The summed E-state index contributed by atoms with van der Waals surface area (Å²) in [4.78, 5) is 16.8. The Labute approximate surface area is 124 Å². The molecule has 0 aliphatic rings. The Balaban J connectivity index is 2.16. The lowest BCUT2D eigenvalue weighted by molar-refractivity contribution is 0.0935. The Morgan fingerprint density at radius 2 is 2.19 bits per heavy atom. The molecule has 2 aromatic rings. The first-order valence-corrected chi connectivity index (χ1v) is 7.23. The lowest BCUT2D eigenvalue weighted by Gasteiger charge is -2.13. The quantitative estimate of drug-likeness (QED) is 0.856. The predicted molar refractivity (Wildman–Crippen MR) is 82.4 cm³/mol. The SMILES string of the molecule is CCNc1cc(C(=O)NC(C)c2ccco2)cc(CC)n1. The lowest BCUT2D eigenvalue weighted by atomic mass is 10.1. The third-order valence-electron chi connectivity index (χ3n) is 3.18. The molecule has 2 aromatic heterocycles. The zero-order valence-corrected chi connectivity index (χ0v) is 12.6. The zero-order valence-electron chi connectivity index (χ0n) is 12.6. The standard InChI is InChI=1S/C16H21N3O2/c1-4-13-9-12(10-15(19-13)17-5-2)16(20)18-11(3)14-7-6-8-21-14/h6-11H,4-5H2,1-3H3,(H,17,19)(H,18,20). The summed E-state index contributed by atoms with van der Waals surface area (Å²) in [6, 6.07) is 7.08. The van der Waals surface area contributed by atoms with E-state index in [1.54, 1.807) is 12.3 Å². The summed E-state index contributed by atoms with van der Waals surface area (Å²) in [6.07, 6.45) is 2.39. The predicted octanol–water partition coefficient (Wildman–Crippen LogP) is 3.16. The minimum absolute atomic E-state index is 0.129.